The number of benzene rings is 2. The van der Waals surface area contributed by atoms with Crippen molar-refractivity contribution in [3.63, 3.8) is 0 Å². The molecule has 0 atom stereocenters. The molecule has 0 unspecified atom stereocenters. The van der Waals surface area contributed by atoms with Gasteiger partial charge in [-0.05, 0) is 30.7 Å². The number of nitro groups is 1. The highest BCUT2D eigenvalue weighted by Gasteiger charge is 2.26. The molecule has 0 amide bonds. The summed E-state index contributed by atoms with van der Waals surface area (Å²) in [5.41, 5.74) is 3.27. The van der Waals surface area contributed by atoms with Crippen molar-refractivity contribution < 1.29 is 9.66 Å². The Morgan fingerprint density at radius 1 is 0.969 bits per heavy atom. The maximum Gasteiger partial charge on any atom is 0.269 e. The number of non-ortho nitro benzene ring substituents is 1. The highest BCUT2D eigenvalue weighted by Crippen LogP contribution is 2.28. The van der Waals surface area contributed by atoms with E-state index in [1.807, 2.05) is 24.3 Å². The Balaban J connectivity index is 1.33. The van der Waals surface area contributed by atoms with Gasteiger partial charge in [-0.3, -0.25) is 24.5 Å². The lowest BCUT2D eigenvalue weighted by atomic mass is 10.2. The minimum absolute atomic E-state index is 0.115. The molecule has 2 aliphatic heterocycles. The van der Waals surface area contributed by atoms with E-state index >= 15 is 0 Å². The van der Waals surface area contributed by atoms with Crippen LogP contribution >= 0.6 is 0 Å². The third-order valence-electron chi connectivity index (χ3n) is 6.20. The zero-order chi connectivity index (χ0) is 21.9. The number of fused-ring (bicyclic) bond motifs is 3. The third-order valence-corrected chi connectivity index (χ3v) is 6.20. The van der Waals surface area contributed by atoms with Crippen molar-refractivity contribution in [2.24, 2.45) is 0 Å². The van der Waals surface area contributed by atoms with Gasteiger partial charge in [0.1, 0.15) is 0 Å². The van der Waals surface area contributed by atoms with E-state index in [0.29, 0.717) is 6.54 Å². The van der Waals surface area contributed by atoms with Crippen molar-refractivity contribution >= 4 is 22.7 Å². The number of para-hydroxylation sites is 2. The van der Waals surface area contributed by atoms with Crippen molar-refractivity contribution in [1.82, 2.24) is 19.4 Å². The number of hydrogen-bond donors (Lipinski definition) is 0. The molecule has 1 saturated heterocycles. The van der Waals surface area contributed by atoms with Crippen LogP contribution in [0.2, 0.25) is 0 Å². The van der Waals surface area contributed by atoms with E-state index in [4.69, 9.17) is 9.72 Å². The van der Waals surface area contributed by atoms with Crippen LogP contribution in [0.3, 0.4) is 0 Å². The minimum atomic E-state index is -0.361. The highest BCUT2D eigenvalue weighted by molar-refractivity contribution is 5.79. The van der Waals surface area contributed by atoms with Crippen molar-refractivity contribution in [2.45, 2.75) is 19.6 Å². The lowest BCUT2D eigenvalue weighted by Crippen LogP contribution is -2.46. The molecule has 0 aliphatic carbocycles. The van der Waals surface area contributed by atoms with Gasteiger partial charge in [0, 0.05) is 38.3 Å². The largest absolute Gasteiger partial charge is 0.379 e. The molecule has 3 aromatic rings. The second-order valence-electron chi connectivity index (χ2n) is 8.43. The van der Waals surface area contributed by atoms with Crippen LogP contribution in [0.5, 0.6) is 0 Å². The molecular formula is C23H28N6O3. The van der Waals surface area contributed by atoms with E-state index in [1.165, 1.54) is 0 Å². The zero-order valence-corrected chi connectivity index (χ0v) is 18.1. The lowest BCUT2D eigenvalue weighted by molar-refractivity contribution is -0.384. The molecule has 1 aromatic heterocycles. The van der Waals surface area contributed by atoms with Gasteiger partial charge < -0.3 is 9.64 Å². The topological polar surface area (TPSA) is 79.9 Å². The van der Waals surface area contributed by atoms with E-state index in [1.54, 1.807) is 12.1 Å². The predicted molar refractivity (Wildman–Crippen MR) is 122 cm³/mol. The van der Waals surface area contributed by atoms with E-state index < -0.39 is 0 Å². The molecule has 3 heterocycles. The fourth-order valence-corrected chi connectivity index (χ4v) is 4.54. The number of aromatic nitrogens is 2. The van der Waals surface area contributed by atoms with Crippen LogP contribution in [0.15, 0.2) is 48.5 Å². The van der Waals surface area contributed by atoms with Gasteiger partial charge in [-0.15, -0.1) is 0 Å². The minimum Gasteiger partial charge on any atom is -0.379 e. The van der Waals surface area contributed by atoms with Gasteiger partial charge >= 0.3 is 0 Å². The maximum atomic E-state index is 11.0. The summed E-state index contributed by atoms with van der Waals surface area (Å²) in [6, 6.07) is 15.0. The average molecular weight is 437 g/mol. The predicted octanol–water partition coefficient (Wildman–Crippen LogP) is 2.90. The molecule has 0 bridgehead atoms. The molecular weight excluding hydrogens is 408 g/mol. The Labute approximate surface area is 186 Å². The molecule has 0 radical (unpaired) electrons. The number of ether oxygens (including phenoxy) is 1. The molecule has 5 rings (SSSR count). The molecule has 2 aromatic carbocycles. The Morgan fingerprint density at radius 3 is 2.50 bits per heavy atom. The first kappa shape index (κ1) is 20.9. The molecule has 0 saturated carbocycles. The molecule has 2 aliphatic rings. The molecule has 9 heteroatoms. The van der Waals surface area contributed by atoms with Gasteiger partial charge in [0.25, 0.3) is 5.69 Å². The summed E-state index contributed by atoms with van der Waals surface area (Å²) >= 11 is 0. The van der Waals surface area contributed by atoms with E-state index in [2.05, 4.69) is 31.4 Å². The first-order valence-corrected chi connectivity index (χ1v) is 11.1. The quantitative estimate of drug-likeness (QED) is 0.416. The molecule has 168 valence electrons. The lowest BCUT2D eigenvalue weighted by Gasteiger charge is -2.37. The van der Waals surface area contributed by atoms with Gasteiger partial charge in [0.2, 0.25) is 5.95 Å². The van der Waals surface area contributed by atoms with Gasteiger partial charge in [-0.2, -0.15) is 0 Å². The van der Waals surface area contributed by atoms with Crippen LogP contribution in [0.1, 0.15) is 12.0 Å². The van der Waals surface area contributed by atoms with Crippen LogP contribution in [0.25, 0.3) is 11.0 Å². The first-order valence-electron chi connectivity index (χ1n) is 11.1. The smallest absolute Gasteiger partial charge is 0.269 e. The Hall–Kier alpha value is -3.01. The van der Waals surface area contributed by atoms with Crippen molar-refractivity contribution in [3.8, 4) is 0 Å². The highest BCUT2D eigenvalue weighted by atomic mass is 16.6. The molecule has 9 nitrogen and oxygen atoms in total. The Kier molecular flexibility index (Phi) is 6.02. The van der Waals surface area contributed by atoms with E-state index in [-0.39, 0.29) is 10.6 Å². The van der Waals surface area contributed by atoms with Crippen LogP contribution in [-0.4, -0.2) is 70.3 Å². The van der Waals surface area contributed by atoms with Gasteiger partial charge in [-0.1, -0.05) is 24.3 Å². The summed E-state index contributed by atoms with van der Waals surface area (Å²) in [5.74, 6) is 0.953. The number of hydrogen-bond acceptors (Lipinski definition) is 7. The fourth-order valence-electron chi connectivity index (χ4n) is 4.54. The van der Waals surface area contributed by atoms with Gasteiger partial charge in [0.15, 0.2) is 0 Å². The van der Waals surface area contributed by atoms with Crippen LogP contribution in [0.4, 0.5) is 11.6 Å². The third kappa shape index (κ3) is 4.45. The summed E-state index contributed by atoms with van der Waals surface area (Å²) in [4.78, 5) is 22.7. The SMILES string of the molecule is O=[N+]([O-])c1ccc(CN2CN(CCCN3CCOCC3)Cn3c2nc2ccccc23)cc1. The Morgan fingerprint density at radius 2 is 1.72 bits per heavy atom. The van der Waals surface area contributed by atoms with Crippen LogP contribution < -0.4 is 4.90 Å². The number of imidazole rings is 1. The summed E-state index contributed by atoms with van der Waals surface area (Å²) in [6.45, 7) is 8.03. The second-order valence-corrected chi connectivity index (χ2v) is 8.43. The number of morpholine rings is 1. The number of nitrogens with zero attached hydrogens (tertiary/aromatic N) is 6. The maximum absolute atomic E-state index is 11.0. The molecule has 0 spiro atoms. The van der Waals surface area contributed by atoms with Crippen molar-refractivity contribution in [1.29, 1.82) is 0 Å². The fraction of sp³-hybridized carbons (Fsp3) is 0.435. The van der Waals surface area contributed by atoms with Gasteiger partial charge in [-0.25, -0.2) is 4.98 Å². The van der Waals surface area contributed by atoms with Gasteiger partial charge in [0.05, 0.1) is 42.5 Å². The summed E-state index contributed by atoms with van der Waals surface area (Å²) < 4.78 is 7.73. The Bertz CT molecular complexity index is 1080. The summed E-state index contributed by atoms with van der Waals surface area (Å²) in [5, 5.41) is 11.0. The zero-order valence-electron chi connectivity index (χ0n) is 18.1. The second kappa shape index (κ2) is 9.23. The number of nitro benzene ring substituents is 1. The molecule has 0 N–H and O–H groups in total. The molecule has 32 heavy (non-hydrogen) atoms. The normalized spacial score (nSPS) is 17.6. The van der Waals surface area contributed by atoms with E-state index in [0.717, 1.165) is 81.7 Å². The average Bonchev–Trinajstić information content (AvgIpc) is 3.19. The number of anilines is 1. The first-order chi connectivity index (χ1) is 15.7. The standard InChI is InChI=1S/C23H28N6O3/c30-29(31)20-8-6-19(7-9-20)16-27-17-26(11-3-10-25-12-14-32-15-13-25)18-28-22-5-2-1-4-21(22)24-23(27)28/h1-2,4-9H,3,10-18H2. The monoisotopic (exact) mass is 436 g/mol. The van der Waals surface area contributed by atoms with E-state index in [9.17, 15) is 10.1 Å². The van der Waals surface area contributed by atoms with Crippen molar-refractivity contribution in [2.75, 3.05) is 51.0 Å². The van der Waals surface area contributed by atoms with Crippen molar-refractivity contribution in [3.05, 3.63) is 64.2 Å². The molecule has 1 fully saturated rings. The number of rotatable bonds is 7. The summed E-state index contributed by atoms with van der Waals surface area (Å²) in [6.07, 6.45) is 1.10. The van der Waals surface area contributed by atoms with Crippen LogP contribution in [0, 0.1) is 10.1 Å². The van der Waals surface area contributed by atoms with Crippen LogP contribution in [-0.2, 0) is 18.0 Å². The summed E-state index contributed by atoms with van der Waals surface area (Å²) in [7, 11) is 0.